The third-order valence-electron chi connectivity index (χ3n) is 6.67. The predicted molar refractivity (Wildman–Crippen MR) is 103 cm³/mol. The molecular weight excluding hydrogens is 322 g/mol. The number of piperidine rings is 3. The summed E-state index contributed by atoms with van der Waals surface area (Å²) < 4.78 is 0. The third kappa shape index (κ3) is 2.47. The zero-order valence-corrected chi connectivity index (χ0v) is 15.2. The van der Waals surface area contributed by atoms with Crippen LogP contribution in [0.5, 0.6) is 0 Å². The number of aromatic nitrogens is 1. The van der Waals surface area contributed by atoms with Gasteiger partial charge in [-0.05, 0) is 56.5 Å². The Hall–Kier alpha value is -2.20. The van der Waals surface area contributed by atoms with Crippen molar-refractivity contribution in [2.75, 3.05) is 24.5 Å². The number of carbonyl (C=O) groups is 1. The molecule has 1 aromatic heterocycles. The number of Topliss-reactive ketones (excluding diaryl/α,β-unsaturated/α-hetero) is 1. The molecule has 2 aromatic rings. The summed E-state index contributed by atoms with van der Waals surface area (Å²) in [6.07, 6.45) is 4.33. The van der Waals surface area contributed by atoms with Gasteiger partial charge in [-0.1, -0.05) is 30.3 Å². The van der Waals surface area contributed by atoms with E-state index < -0.39 is 0 Å². The molecule has 4 aliphatic rings. The molecule has 0 saturated carbocycles. The highest BCUT2D eigenvalue weighted by Crippen LogP contribution is 2.47. The van der Waals surface area contributed by atoms with Crippen LogP contribution in [0.3, 0.4) is 0 Å². The van der Waals surface area contributed by atoms with Crippen molar-refractivity contribution in [1.29, 1.82) is 0 Å². The van der Waals surface area contributed by atoms with Gasteiger partial charge >= 0.3 is 0 Å². The first-order valence-corrected chi connectivity index (χ1v) is 9.75. The quantitative estimate of drug-likeness (QED) is 0.798. The van der Waals surface area contributed by atoms with Crippen LogP contribution < -0.4 is 4.90 Å². The van der Waals surface area contributed by atoms with Crippen LogP contribution in [0.2, 0.25) is 0 Å². The molecular formula is C22H25N3O. The lowest BCUT2D eigenvalue weighted by Crippen LogP contribution is -2.60. The van der Waals surface area contributed by atoms with Crippen LogP contribution in [0, 0.1) is 5.92 Å². The first kappa shape index (κ1) is 16.0. The highest BCUT2D eigenvalue weighted by Gasteiger charge is 2.53. The van der Waals surface area contributed by atoms with E-state index >= 15 is 0 Å². The van der Waals surface area contributed by atoms with E-state index in [-0.39, 0.29) is 5.78 Å². The van der Waals surface area contributed by atoms with Gasteiger partial charge < -0.3 is 4.90 Å². The van der Waals surface area contributed by atoms with Crippen molar-refractivity contribution < 1.29 is 4.79 Å². The molecule has 0 radical (unpaired) electrons. The van der Waals surface area contributed by atoms with Crippen molar-refractivity contribution in [2.45, 2.75) is 37.8 Å². The summed E-state index contributed by atoms with van der Waals surface area (Å²) in [7, 11) is 0. The minimum absolute atomic E-state index is 0.0772. The van der Waals surface area contributed by atoms with E-state index in [9.17, 15) is 4.79 Å². The molecule has 3 atom stereocenters. The normalized spacial score (nSPS) is 32.5. The third-order valence-corrected chi connectivity index (χ3v) is 6.67. The van der Waals surface area contributed by atoms with E-state index in [1.165, 1.54) is 31.5 Å². The van der Waals surface area contributed by atoms with Gasteiger partial charge in [0.15, 0.2) is 5.78 Å². The topological polar surface area (TPSA) is 36.4 Å². The smallest absolute Gasteiger partial charge is 0.161 e. The Morgan fingerprint density at radius 2 is 1.81 bits per heavy atom. The second kappa shape index (κ2) is 6.20. The maximum atomic E-state index is 11.6. The van der Waals surface area contributed by atoms with Crippen LogP contribution in [-0.4, -0.2) is 47.4 Å². The molecule has 0 N–H and O–H groups in total. The van der Waals surface area contributed by atoms with E-state index in [1.807, 2.05) is 12.1 Å². The minimum Gasteiger partial charge on any atom is -0.351 e. The van der Waals surface area contributed by atoms with Crippen molar-refractivity contribution in [2.24, 2.45) is 5.92 Å². The molecule has 6 rings (SSSR count). The van der Waals surface area contributed by atoms with Crippen molar-refractivity contribution in [1.82, 2.24) is 9.88 Å². The number of fused-ring (bicyclic) bond motifs is 2. The van der Waals surface area contributed by atoms with Crippen molar-refractivity contribution >= 4 is 11.6 Å². The average Bonchev–Trinajstić information content (AvgIpc) is 3.12. The second-order valence-corrected chi connectivity index (χ2v) is 7.99. The van der Waals surface area contributed by atoms with Crippen LogP contribution in [0.15, 0.2) is 48.7 Å². The lowest BCUT2D eigenvalue weighted by molar-refractivity contribution is 0.0354. The predicted octanol–water partition coefficient (Wildman–Crippen LogP) is 3.35. The molecule has 0 unspecified atom stereocenters. The first-order chi connectivity index (χ1) is 12.7. The second-order valence-electron chi connectivity index (χ2n) is 7.99. The highest BCUT2D eigenvalue weighted by molar-refractivity contribution is 5.93. The Kier molecular flexibility index (Phi) is 3.82. The molecule has 5 heterocycles. The molecule has 4 saturated heterocycles. The fourth-order valence-corrected chi connectivity index (χ4v) is 5.44. The first-order valence-electron chi connectivity index (χ1n) is 9.75. The van der Waals surface area contributed by atoms with Gasteiger partial charge in [0, 0.05) is 36.3 Å². The summed E-state index contributed by atoms with van der Waals surface area (Å²) in [5.74, 6) is 2.39. The fourth-order valence-electron chi connectivity index (χ4n) is 5.44. The van der Waals surface area contributed by atoms with E-state index in [4.69, 9.17) is 0 Å². The minimum atomic E-state index is 0.0772. The van der Waals surface area contributed by atoms with Gasteiger partial charge in [0.25, 0.3) is 0 Å². The molecule has 0 spiro atoms. The maximum Gasteiger partial charge on any atom is 0.161 e. The molecule has 4 fully saturated rings. The molecule has 4 heteroatoms. The lowest BCUT2D eigenvalue weighted by atomic mass is 9.75. The van der Waals surface area contributed by atoms with Crippen LogP contribution in [0.4, 0.5) is 5.82 Å². The van der Waals surface area contributed by atoms with Crippen molar-refractivity contribution in [3.05, 3.63) is 59.8 Å². The molecule has 0 aliphatic carbocycles. The molecule has 26 heavy (non-hydrogen) atoms. The van der Waals surface area contributed by atoms with E-state index in [0.29, 0.717) is 23.6 Å². The number of carbonyl (C=O) groups excluding carboxylic acids is 1. The van der Waals surface area contributed by atoms with Crippen molar-refractivity contribution in [3.63, 3.8) is 0 Å². The van der Waals surface area contributed by atoms with Gasteiger partial charge in [-0.25, -0.2) is 4.98 Å². The number of benzene rings is 1. The summed E-state index contributed by atoms with van der Waals surface area (Å²) in [4.78, 5) is 21.5. The van der Waals surface area contributed by atoms with Gasteiger partial charge in [-0.2, -0.15) is 0 Å². The summed E-state index contributed by atoms with van der Waals surface area (Å²) in [5, 5.41) is 0. The van der Waals surface area contributed by atoms with Gasteiger partial charge in [0.1, 0.15) is 5.82 Å². The average molecular weight is 347 g/mol. The molecule has 134 valence electrons. The molecule has 1 aromatic carbocycles. The molecule has 2 bridgehead atoms. The number of hydrogen-bond donors (Lipinski definition) is 0. The molecule has 4 aliphatic heterocycles. The zero-order chi connectivity index (χ0) is 17.7. The standard InChI is InChI=1S/C22H25N3O/c1-15(26)18-7-8-20(23-13-18)25-14-19(16-5-3-2-4-6-16)22-21(25)17-9-11-24(22)12-10-17/h2-8,13,17,19,21-22H,9-12,14H2,1H3/t19-,21-,22-/m1/s1. The van der Waals surface area contributed by atoms with Gasteiger partial charge in [-0.15, -0.1) is 0 Å². The van der Waals surface area contributed by atoms with E-state index in [2.05, 4.69) is 45.1 Å². The number of ketones is 1. The number of rotatable bonds is 3. The van der Waals surface area contributed by atoms with Gasteiger partial charge in [-0.3, -0.25) is 9.69 Å². The van der Waals surface area contributed by atoms with Crippen molar-refractivity contribution in [3.8, 4) is 0 Å². The monoisotopic (exact) mass is 347 g/mol. The Labute approximate surface area is 154 Å². The summed E-state index contributed by atoms with van der Waals surface area (Å²) in [6.45, 7) is 5.08. The Morgan fingerprint density at radius 3 is 2.46 bits per heavy atom. The van der Waals surface area contributed by atoms with Crippen LogP contribution in [0.25, 0.3) is 0 Å². The summed E-state index contributed by atoms with van der Waals surface area (Å²) in [5.41, 5.74) is 2.14. The molecule has 4 nitrogen and oxygen atoms in total. The van der Waals surface area contributed by atoms with E-state index in [0.717, 1.165) is 18.3 Å². The van der Waals surface area contributed by atoms with Crippen LogP contribution >= 0.6 is 0 Å². The maximum absolute atomic E-state index is 11.6. The Morgan fingerprint density at radius 1 is 1.04 bits per heavy atom. The summed E-state index contributed by atoms with van der Waals surface area (Å²) >= 11 is 0. The zero-order valence-electron chi connectivity index (χ0n) is 15.2. The van der Waals surface area contributed by atoms with Gasteiger partial charge in [0.05, 0.1) is 0 Å². The Balaban J connectivity index is 1.52. The lowest BCUT2D eigenvalue weighted by Gasteiger charge is -2.51. The molecule has 0 amide bonds. The van der Waals surface area contributed by atoms with E-state index in [1.54, 1.807) is 13.1 Å². The number of nitrogens with zero attached hydrogens (tertiary/aromatic N) is 3. The highest BCUT2D eigenvalue weighted by atomic mass is 16.1. The van der Waals surface area contributed by atoms with Gasteiger partial charge in [0.2, 0.25) is 0 Å². The SMILES string of the molecule is CC(=O)c1ccc(N2C[C@H](c3ccccc3)[C@@H]3[C@H]2C2CCN3CC2)nc1. The van der Waals surface area contributed by atoms with Crippen LogP contribution in [0.1, 0.15) is 41.6 Å². The fraction of sp³-hybridized carbons (Fsp3) is 0.455. The summed E-state index contributed by atoms with van der Waals surface area (Å²) in [6, 6.07) is 16.1. The van der Waals surface area contributed by atoms with Crippen LogP contribution in [-0.2, 0) is 0 Å². The Bertz CT molecular complexity index is 796. The number of hydrogen-bond acceptors (Lipinski definition) is 4. The number of pyridine rings is 1. The largest absolute Gasteiger partial charge is 0.351 e. The number of anilines is 1.